The minimum Gasteiger partial charge on any atom is -0.481 e. The summed E-state index contributed by atoms with van der Waals surface area (Å²) in [6.07, 6.45) is 4.75. The third-order valence-electron chi connectivity index (χ3n) is 4.69. The Morgan fingerprint density at radius 3 is 1.76 bits per heavy atom. The van der Waals surface area contributed by atoms with Gasteiger partial charge in [-0.2, -0.15) is 0 Å². The fraction of sp³-hybridized carbons (Fsp3) is 0.421. The van der Waals surface area contributed by atoms with E-state index < -0.39 is 54.2 Å². The zero-order chi connectivity index (χ0) is 25.1. The molecule has 0 aromatic carbocycles. The number of aliphatic carboxylic acids is 2. The number of nitrogens with two attached hydrogens (primary N) is 1. The monoisotopic (exact) mass is 478 g/mol. The van der Waals surface area contributed by atoms with Gasteiger partial charge in [0.05, 0.1) is 19.2 Å². The Morgan fingerprint density at radius 2 is 1.35 bits per heavy atom. The van der Waals surface area contributed by atoms with Crippen molar-refractivity contribution in [1.29, 1.82) is 0 Å². The van der Waals surface area contributed by atoms with Gasteiger partial charge in [-0.3, -0.25) is 19.2 Å². The molecule has 34 heavy (non-hydrogen) atoms. The molecule has 15 nitrogen and oxygen atoms in total. The largest absolute Gasteiger partial charge is 0.481 e. The average Bonchev–Trinajstić information content (AvgIpc) is 3.49. The van der Waals surface area contributed by atoms with Crippen molar-refractivity contribution in [2.24, 2.45) is 5.73 Å². The van der Waals surface area contributed by atoms with Crippen LogP contribution in [0.25, 0.3) is 0 Å². The first-order chi connectivity index (χ1) is 16.2. The van der Waals surface area contributed by atoms with Crippen LogP contribution in [0.2, 0.25) is 0 Å². The van der Waals surface area contributed by atoms with Crippen LogP contribution in [0.15, 0.2) is 25.0 Å². The topological polar surface area (TPSA) is 245 Å². The summed E-state index contributed by atoms with van der Waals surface area (Å²) in [6.45, 7) is -0.366. The van der Waals surface area contributed by atoms with Crippen molar-refractivity contribution in [2.75, 3.05) is 6.54 Å². The van der Waals surface area contributed by atoms with Crippen molar-refractivity contribution >= 4 is 29.7 Å². The van der Waals surface area contributed by atoms with Gasteiger partial charge in [0.1, 0.15) is 18.1 Å². The molecule has 2 heterocycles. The van der Waals surface area contributed by atoms with E-state index in [2.05, 4.69) is 35.9 Å². The molecule has 0 radical (unpaired) electrons. The van der Waals surface area contributed by atoms with Gasteiger partial charge >= 0.3 is 11.9 Å². The SMILES string of the molecule is NCC(=O)NC(Cc1cnc[nH]1)C(=O)NC(Cc1cnc[nH]1)C(=O)NC(CCC(=O)O)C(=O)O. The summed E-state index contributed by atoms with van der Waals surface area (Å²) in [5, 5.41) is 25.4. The third kappa shape index (κ3) is 8.34. The molecule has 184 valence electrons. The van der Waals surface area contributed by atoms with E-state index in [-0.39, 0.29) is 25.8 Å². The van der Waals surface area contributed by atoms with Crippen LogP contribution >= 0.6 is 0 Å². The molecule has 0 saturated heterocycles. The maximum Gasteiger partial charge on any atom is 0.326 e. The number of hydrogen-bond donors (Lipinski definition) is 8. The molecule has 0 aliphatic heterocycles. The molecule has 3 atom stereocenters. The van der Waals surface area contributed by atoms with E-state index in [1.165, 1.54) is 25.0 Å². The third-order valence-corrected chi connectivity index (χ3v) is 4.69. The van der Waals surface area contributed by atoms with Gasteiger partial charge in [-0.1, -0.05) is 0 Å². The van der Waals surface area contributed by atoms with Gasteiger partial charge < -0.3 is 41.9 Å². The van der Waals surface area contributed by atoms with Crippen LogP contribution < -0.4 is 21.7 Å². The number of hydrogen-bond acceptors (Lipinski definition) is 8. The predicted octanol–water partition coefficient (Wildman–Crippen LogP) is -2.72. The van der Waals surface area contributed by atoms with Crippen molar-refractivity contribution in [1.82, 2.24) is 35.9 Å². The number of carboxylic acids is 2. The second kappa shape index (κ2) is 12.7. The van der Waals surface area contributed by atoms with Crippen molar-refractivity contribution < 1.29 is 34.2 Å². The maximum atomic E-state index is 13.0. The van der Waals surface area contributed by atoms with Crippen LogP contribution in [0.3, 0.4) is 0 Å². The van der Waals surface area contributed by atoms with Crippen LogP contribution in [0.5, 0.6) is 0 Å². The zero-order valence-electron chi connectivity index (χ0n) is 18.0. The van der Waals surface area contributed by atoms with E-state index in [1.807, 2.05) is 0 Å². The first-order valence-corrected chi connectivity index (χ1v) is 10.2. The Kier molecular flexibility index (Phi) is 9.70. The quantitative estimate of drug-likeness (QED) is 0.139. The van der Waals surface area contributed by atoms with Crippen molar-refractivity contribution in [2.45, 2.75) is 43.8 Å². The molecule has 2 aromatic rings. The molecule has 3 amide bonds. The lowest BCUT2D eigenvalue weighted by Crippen LogP contribution is -2.57. The fourth-order valence-corrected chi connectivity index (χ4v) is 2.97. The number of nitrogens with one attached hydrogen (secondary N) is 5. The molecule has 3 unspecified atom stereocenters. The number of rotatable bonds is 14. The van der Waals surface area contributed by atoms with E-state index in [1.54, 1.807) is 0 Å². The number of imidazole rings is 2. The lowest BCUT2D eigenvalue weighted by molar-refractivity contribution is -0.143. The lowest BCUT2D eigenvalue weighted by atomic mass is 10.1. The van der Waals surface area contributed by atoms with Crippen LogP contribution in [0, 0.1) is 0 Å². The standard InChI is InChI=1S/C19H26N8O7/c20-5-15(28)25-13(3-10-6-21-8-23-10)17(31)27-14(4-11-7-22-9-24-11)18(32)26-12(19(33)34)1-2-16(29)30/h6-9,12-14H,1-5,20H2,(H,21,23)(H,22,24)(H,25,28)(H,26,32)(H,27,31)(H,29,30)(H,33,34). The Labute approximate surface area is 192 Å². The minimum atomic E-state index is -1.48. The summed E-state index contributed by atoms with van der Waals surface area (Å²) in [6, 6.07) is -3.86. The molecule has 0 aliphatic rings. The highest BCUT2D eigenvalue weighted by atomic mass is 16.4. The number of H-pyrrole nitrogens is 2. The number of aromatic amines is 2. The Balaban J connectivity index is 2.19. The molecular formula is C19H26N8O7. The van der Waals surface area contributed by atoms with Gasteiger partial charge in [-0.25, -0.2) is 14.8 Å². The molecule has 2 aromatic heterocycles. The van der Waals surface area contributed by atoms with Crippen LogP contribution in [0.4, 0.5) is 0 Å². The van der Waals surface area contributed by atoms with Gasteiger partial charge in [0.15, 0.2) is 0 Å². The number of carbonyl (C=O) groups is 5. The molecule has 0 fully saturated rings. The minimum absolute atomic E-state index is 0.0202. The first kappa shape index (κ1) is 26.0. The molecular weight excluding hydrogens is 452 g/mol. The summed E-state index contributed by atoms with van der Waals surface area (Å²) in [5.74, 6) is -4.83. The zero-order valence-corrected chi connectivity index (χ0v) is 18.0. The predicted molar refractivity (Wildman–Crippen MR) is 114 cm³/mol. The molecule has 2 rings (SSSR count). The fourth-order valence-electron chi connectivity index (χ4n) is 2.97. The Bertz CT molecular complexity index is 977. The Morgan fingerprint density at radius 1 is 0.853 bits per heavy atom. The molecule has 0 saturated carbocycles. The van der Waals surface area contributed by atoms with Crippen LogP contribution in [-0.2, 0) is 36.8 Å². The van der Waals surface area contributed by atoms with Crippen molar-refractivity contribution in [3.05, 3.63) is 36.4 Å². The first-order valence-electron chi connectivity index (χ1n) is 10.2. The molecule has 9 N–H and O–H groups in total. The Hall–Kier alpha value is -4.27. The highest BCUT2D eigenvalue weighted by molar-refractivity contribution is 5.93. The van der Waals surface area contributed by atoms with E-state index in [4.69, 9.17) is 10.8 Å². The van der Waals surface area contributed by atoms with E-state index in [0.29, 0.717) is 11.4 Å². The molecule has 15 heteroatoms. The molecule has 0 aliphatic carbocycles. The maximum absolute atomic E-state index is 13.0. The van der Waals surface area contributed by atoms with Gasteiger partial charge in [-0.15, -0.1) is 0 Å². The smallest absolute Gasteiger partial charge is 0.326 e. The normalized spacial score (nSPS) is 13.3. The van der Waals surface area contributed by atoms with Gasteiger partial charge in [-0.05, 0) is 6.42 Å². The summed E-state index contributed by atoms with van der Waals surface area (Å²) in [4.78, 5) is 73.3. The summed E-state index contributed by atoms with van der Waals surface area (Å²) in [5.41, 5.74) is 6.33. The highest BCUT2D eigenvalue weighted by Gasteiger charge is 2.30. The molecule has 0 spiro atoms. The second-order valence-electron chi connectivity index (χ2n) is 7.28. The highest BCUT2D eigenvalue weighted by Crippen LogP contribution is 2.05. The van der Waals surface area contributed by atoms with Gasteiger partial charge in [0.2, 0.25) is 17.7 Å². The molecule has 0 bridgehead atoms. The van der Waals surface area contributed by atoms with Crippen LogP contribution in [-0.4, -0.2) is 84.5 Å². The van der Waals surface area contributed by atoms with Crippen molar-refractivity contribution in [3.8, 4) is 0 Å². The van der Waals surface area contributed by atoms with Gasteiger partial charge in [0.25, 0.3) is 0 Å². The lowest BCUT2D eigenvalue weighted by Gasteiger charge is -2.24. The number of carbonyl (C=O) groups excluding carboxylic acids is 3. The second-order valence-corrected chi connectivity index (χ2v) is 7.28. The van der Waals surface area contributed by atoms with E-state index >= 15 is 0 Å². The van der Waals surface area contributed by atoms with E-state index in [9.17, 15) is 29.1 Å². The number of carboxylic acid groups (broad SMARTS) is 2. The summed E-state index contributed by atoms with van der Waals surface area (Å²) < 4.78 is 0. The summed E-state index contributed by atoms with van der Waals surface area (Å²) >= 11 is 0. The van der Waals surface area contributed by atoms with Crippen LogP contribution in [0.1, 0.15) is 24.2 Å². The number of nitrogens with zero attached hydrogens (tertiary/aromatic N) is 2. The number of amides is 3. The van der Waals surface area contributed by atoms with Crippen molar-refractivity contribution in [3.63, 3.8) is 0 Å². The average molecular weight is 478 g/mol. The number of aromatic nitrogens is 4. The van der Waals surface area contributed by atoms with Gasteiger partial charge in [0, 0.05) is 43.0 Å². The summed E-state index contributed by atoms with van der Waals surface area (Å²) in [7, 11) is 0. The van der Waals surface area contributed by atoms with E-state index in [0.717, 1.165) is 0 Å².